The summed E-state index contributed by atoms with van der Waals surface area (Å²) in [4.78, 5) is 16.6. The molecule has 2 aromatic heterocycles. The first-order valence-electron chi connectivity index (χ1n) is 11.9. The van der Waals surface area contributed by atoms with E-state index in [0.717, 1.165) is 17.5 Å². The minimum absolute atomic E-state index is 0.0944. The van der Waals surface area contributed by atoms with Crippen molar-refractivity contribution in [3.8, 4) is 17.1 Å². The van der Waals surface area contributed by atoms with Gasteiger partial charge in [0.25, 0.3) is 0 Å². The molecule has 0 amide bonds. The molecule has 0 saturated carbocycles. The second-order valence-electron chi connectivity index (χ2n) is 8.15. The third-order valence-corrected chi connectivity index (χ3v) is 5.18. The first-order valence-corrected chi connectivity index (χ1v) is 11.9. The van der Waals surface area contributed by atoms with E-state index in [4.69, 9.17) is 0 Å². The monoisotopic (exact) mass is 514 g/mol. The maximum absolute atomic E-state index is 13.0. The van der Waals surface area contributed by atoms with Gasteiger partial charge in [-0.2, -0.15) is 13.2 Å². The zero-order valence-corrected chi connectivity index (χ0v) is 21.9. The second kappa shape index (κ2) is 12.8. The molecule has 0 radical (unpaired) electrons. The van der Waals surface area contributed by atoms with Crippen molar-refractivity contribution in [1.29, 1.82) is 0 Å². The van der Waals surface area contributed by atoms with Gasteiger partial charge in [-0.25, -0.2) is 15.0 Å². The number of aliphatic imine (C=N–C) groups is 1. The number of hydrogen-bond acceptors (Lipinski definition) is 6. The summed E-state index contributed by atoms with van der Waals surface area (Å²) in [6, 6.07) is 6.94. The average Bonchev–Trinajstić information content (AvgIpc) is 3.27. The molecule has 0 aliphatic carbocycles. The molecule has 0 bridgehead atoms. The van der Waals surface area contributed by atoms with E-state index in [0.29, 0.717) is 23.5 Å². The summed E-state index contributed by atoms with van der Waals surface area (Å²) in [6.07, 6.45) is 1.48. The highest BCUT2D eigenvalue weighted by atomic mass is 19.4. The maximum atomic E-state index is 13.0. The number of rotatable bonds is 8. The van der Waals surface area contributed by atoms with Crippen molar-refractivity contribution < 1.29 is 18.3 Å². The van der Waals surface area contributed by atoms with Crippen LogP contribution < -0.4 is 5.32 Å². The van der Waals surface area contributed by atoms with Crippen LogP contribution in [-0.2, 0) is 19.8 Å². The molecular formula is C27H33F3N6O. The van der Waals surface area contributed by atoms with Crippen molar-refractivity contribution >= 4 is 18.1 Å². The summed E-state index contributed by atoms with van der Waals surface area (Å²) >= 11 is 0. The van der Waals surface area contributed by atoms with Gasteiger partial charge in [0, 0.05) is 30.9 Å². The van der Waals surface area contributed by atoms with Gasteiger partial charge in [0.05, 0.1) is 11.9 Å². The number of nitrogens with zero attached hydrogens (tertiary/aromatic N) is 5. The Bertz CT molecular complexity index is 1260. The summed E-state index contributed by atoms with van der Waals surface area (Å²) in [5.74, 6) is 0.833. The van der Waals surface area contributed by atoms with Crippen molar-refractivity contribution in [3.05, 3.63) is 71.6 Å². The Hall–Kier alpha value is -3.95. The van der Waals surface area contributed by atoms with Gasteiger partial charge >= 0.3 is 6.18 Å². The molecule has 0 aliphatic heterocycles. The lowest BCUT2D eigenvalue weighted by Crippen LogP contribution is -2.06. The molecule has 10 heteroatoms. The van der Waals surface area contributed by atoms with Crippen molar-refractivity contribution in [2.75, 3.05) is 5.32 Å². The molecule has 0 atom stereocenters. The van der Waals surface area contributed by atoms with Crippen LogP contribution in [0.15, 0.2) is 59.5 Å². The number of aryl methyl sites for hydroxylation is 1. The van der Waals surface area contributed by atoms with E-state index >= 15 is 0 Å². The summed E-state index contributed by atoms with van der Waals surface area (Å²) in [5.41, 5.74) is 1.89. The quantitative estimate of drug-likeness (QED) is 0.253. The number of benzene rings is 1. The Labute approximate surface area is 215 Å². The Balaban J connectivity index is 0.00000235. The fraction of sp³-hybridized carbons (Fsp3) is 0.333. The van der Waals surface area contributed by atoms with Crippen LogP contribution in [0.2, 0.25) is 0 Å². The molecule has 0 unspecified atom stereocenters. The predicted octanol–water partition coefficient (Wildman–Crippen LogP) is 6.88. The van der Waals surface area contributed by atoms with Gasteiger partial charge < -0.3 is 15.0 Å². The Morgan fingerprint density at radius 3 is 2.35 bits per heavy atom. The fourth-order valence-corrected chi connectivity index (χ4v) is 3.48. The normalized spacial score (nSPS) is 12.3. The molecule has 198 valence electrons. The zero-order valence-electron chi connectivity index (χ0n) is 21.9. The van der Waals surface area contributed by atoms with Gasteiger partial charge in [-0.05, 0) is 25.1 Å². The van der Waals surface area contributed by atoms with E-state index in [1.54, 1.807) is 24.3 Å². The molecule has 1 aromatic carbocycles. The van der Waals surface area contributed by atoms with Gasteiger partial charge in [0.1, 0.15) is 5.82 Å². The maximum Gasteiger partial charge on any atom is 0.434 e. The van der Waals surface area contributed by atoms with E-state index in [2.05, 4.69) is 32.0 Å². The van der Waals surface area contributed by atoms with Gasteiger partial charge in [-0.15, -0.1) is 0 Å². The molecule has 0 saturated heterocycles. The molecule has 3 rings (SSSR count). The van der Waals surface area contributed by atoms with Crippen molar-refractivity contribution in [3.63, 3.8) is 0 Å². The fourth-order valence-electron chi connectivity index (χ4n) is 3.48. The number of aromatic nitrogens is 4. The molecule has 0 spiro atoms. The van der Waals surface area contributed by atoms with Gasteiger partial charge in [0.15, 0.2) is 23.1 Å². The van der Waals surface area contributed by atoms with Gasteiger partial charge in [0.2, 0.25) is 0 Å². The van der Waals surface area contributed by atoms with Crippen LogP contribution in [0, 0.1) is 5.92 Å². The predicted molar refractivity (Wildman–Crippen MR) is 142 cm³/mol. The second-order valence-corrected chi connectivity index (χ2v) is 8.15. The van der Waals surface area contributed by atoms with Crippen molar-refractivity contribution in [2.24, 2.45) is 18.0 Å². The van der Waals surface area contributed by atoms with Crippen LogP contribution >= 0.6 is 0 Å². The topological polar surface area (TPSA) is 88.2 Å². The third kappa shape index (κ3) is 7.28. The Morgan fingerprint density at radius 1 is 1.19 bits per heavy atom. The lowest BCUT2D eigenvalue weighted by atomic mass is 10.0. The van der Waals surface area contributed by atoms with E-state index in [9.17, 15) is 18.3 Å². The van der Waals surface area contributed by atoms with Crippen LogP contribution in [0.3, 0.4) is 0 Å². The number of anilines is 1. The van der Waals surface area contributed by atoms with Crippen molar-refractivity contribution in [1.82, 2.24) is 19.5 Å². The smallest absolute Gasteiger partial charge is 0.434 e. The molecule has 7 nitrogen and oxygen atoms in total. The van der Waals surface area contributed by atoms with Crippen LogP contribution in [-0.4, -0.2) is 31.3 Å². The number of alkyl halides is 3. The summed E-state index contributed by atoms with van der Waals surface area (Å²) < 4.78 is 40.2. The Morgan fingerprint density at radius 2 is 1.84 bits per heavy atom. The van der Waals surface area contributed by atoms with E-state index < -0.39 is 11.9 Å². The first-order chi connectivity index (χ1) is 17.5. The number of halogens is 3. The molecule has 37 heavy (non-hydrogen) atoms. The highest BCUT2D eigenvalue weighted by molar-refractivity contribution is 5.74. The number of aromatic hydroxyl groups is 1. The first kappa shape index (κ1) is 29.3. The van der Waals surface area contributed by atoms with Crippen LogP contribution in [0.4, 0.5) is 19.0 Å². The molecule has 2 N–H and O–H groups in total. The number of imidazole rings is 1. The highest BCUT2D eigenvalue weighted by Crippen LogP contribution is 2.31. The van der Waals surface area contributed by atoms with Gasteiger partial charge in [-0.3, -0.25) is 4.99 Å². The molecular weight excluding hydrogens is 481 g/mol. The Kier molecular flexibility index (Phi) is 10.2. The minimum atomic E-state index is -4.50. The van der Waals surface area contributed by atoms with Crippen molar-refractivity contribution in [2.45, 2.75) is 47.3 Å². The van der Waals surface area contributed by atoms with E-state index in [-0.39, 0.29) is 23.3 Å². The largest absolute Gasteiger partial charge is 0.503 e. The zero-order chi connectivity index (χ0) is 27.8. The highest BCUT2D eigenvalue weighted by Gasteiger charge is 2.34. The number of nitrogens with one attached hydrogen (secondary N) is 1. The van der Waals surface area contributed by atoms with Crippen LogP contribution in [0.25, 0.3) is 17.0 Å². The lowest BCUT2D eigenvalue weighted by Gasteiger charge is -2.13. The molecule has 2 heterocycles. The number of hydrogen-bond donors (Lipinski definition) is 2. The summed E-state index contributed by atoms with van der Waals surface area (Å²) in [6.45, 7) is 13.8. The standard InChI is InChI=1S/C25H27F3N6O.C2H6/c1-6-7-18(21(29-4)15(2)3)22-31-13-19(35)23(33-22)30-12-16-8-10-17(11-9-16)24-32-20(14-34(24)5)25(26,27)28;1-2/h6-11,13-15,35H,4,12H2,1-3,5H3,(H,30,31,33);1-2H3/b7-6-,21-18+;. The lowest BCUT2D eigenvalue weighted by molar-refractivity contribution is -0.140. The van der Waals surface area contributed by atoms with E-state index in [1.165, 1.54) is 17.8 Å². The SMILES string of the molecule is C=N/C(=C(\C=C/C)c1ncc(O)c(NCc2ccc(-c3nc(C(F)(F)F)cn3C)cc2)n1)C(C)C.CC. The third-order valence-electron chi connectivity index (χ3n) is 5.18. The van der Waals surface area contributed by atoms with Crippen LogP contribution in [0.5, 0.6) is 5.75 Å². The molecule has 0 fully saturated rings. The number of allylic oxidation sites excluding steroid dienone is 4. The molecule has 0 aliphatic rings. The van der Waals surface area contributed by atoms with E-state index in [1.807, 2.05) is 46.8 Å². The summed E-state index contributed by atoms with van der Waals surface area (Å²) in [7, 11) is 1.52. The van der Waals surface area contributed by atoms with Crippen LogP contribution in [0.1, 0.15) is 51.7 Å². The summed E-state index contributed by atoms with van der Waals surface area (Å²) in [5, 5.41) is 13.3. The average molecular weight is 515 g/mol. The van der Waals surface area contributed by atoms with Gasteiger partial charge in [-0.1, -0.05) is 64.1 Å². The molecule has 3 aromatic rings. The minimum Gasteiger partial charge on any atom is -0.503 e.